The predicted molar refractivity (Wildman–Crippen MR) is 116 cm³/mol. The number of nitrogens with zero attached hydrogens (tertiary/aromatic N) is 2. The van der Waals surface area contributed by atoms with Gasteiger partial charge in [-0.1, -0.05) is 18.2 Å². The molecule has 2 aromatic carbocycles. The van der Waals surface area contributed by atoms with Crippen molar-refractivity contribution in [3.63, 3.8) is 0 Å². The van der Waals surface area contributed by atoms with Gasteiger partial charge in [-0.25, -0.2) is 4.39 Å². The molecule has 160 valence electrons. The summed E-state index contributed by atoms with van der Waals surface area (Å²) in [6.45, 7) is 7.57. The second-order valence-electron chi connectivity index (χ2n) is 7.96. The number of rotatable bonds is 6. The zero-order valence-electron chi connectivity index (χ0n) is 17.9. The third kappa shape index (κ3) is 5.57. The van der Waals surface area contributed by atoms with Gasteiger partial charge < -0.3 is 20.0 Å². The van der Waals surface area contributed by atoms with Gasteiger partial charge in [-0.2, -0.15) is 0 Å². The average Bonchev–Trinajstić information content (AvgIpc) is 2.72. The van der Waals surface area contributed by atoms with Crippen molar-refractivity contribution in [1.29, 1.82) is 0 Å². The van der Waals surface area contributed by atoms with Gasteiger partial charge in [0.2, 0.25) is 5.91 Å². The van der Waals surface area contributed by atoms with Gasteiger partial charge in [0.1, 0.15) is 5.82 Å². The topological polar surface area (TPSA) is 57.1 Å². The highest BCUT2D eigenvalue weighted by Gasteiger charge is 2.24. The smallest absolute Gasteiger partial charge is 0.277 e. The number of nitrogens with one attached hydrogen (secondary N) is 2. The Balaban J connectivity index is 1.45. The number of carbonyl (C=O) groups is 2. The van der Waals surface area contributed by atoms with Crippen LogP contribution in [0.5, 0.6) is 0 Å². The van der Waals surface area contributed by atoms with Crippen LogP contribution in [0, 0.1) is 19.7 Å². The van der Waals surface area contributed by atoms with Gasteiger partial charge in [0, 0.05) is 18.4 Å². The molecule has 0 bridgehead atoms. The summed E-state index contributed by atoms with van der Waals surface area (Å²) in [5.74, 6) is -0.477. The highest BCUT2D eigenvalue weighted by atomic mass is 19.1. The molecule has 2 amide bonds. The fraction of sp³-hybridized carbons (Fsp3) is 0.391. The summed E-state index contributed by atoms with van der Waals surface area (Å²) in [6, 6.07) is 12.4. The first-order valence-electron chi connectivity index (χ1n) is 10.3. The fourth-order valence-corrected chi connectivity index (χ4v) is 3.75. The van der Waals surface area contributed by atoms with Crippen molar-refractivity contribution in [1.82, 2.24) is 4.90 Å². The standard InChI is InChI=1S/C23H29FN4O2/c1-17-5-4-6-18(2)23(17)25-21(29)15-26(3)22(30)16-27-11-13-28(14-12-27)20-9-7-19(24)8-10-20/h4-10H,11-16H2,1-3H3,(H,25,29)/p+1. The summed E-state index contributed by atoms with van der Waals surface area (Å²) in [5, 5.41) is 2.92. The van der Waals surface area contributed by atoms with Crippen molar-refractivity contribution in [3.05, 3.63) is 59.4 Å². The number of benzene rings is 2. The molecule has 0 aliphatic carbocycles. The number of para-hydroxylation sites is 1. The first-order valence-corrected chi connectivity index (χ1v) is 10.3. The molecule has 0 aromatic heterocycles. The van der Waals surface area contributed by atoms with E-state index in [1.165, 1.54) is 21.9 Å². The van der Waals surface area contributed by atoms with Gasteiger partial charge in [0.25, 0.3) is 5.91 Å². The van der Waals surface area contributed by atoms with Gasteiger partial charge in [-0.3, -0.25) is 9.59 Å². The van der Waals surface area contributed by atoms with Crippen LogP contribution in [-0.2, 0) is 9.59 Å². The zero-order valence-corrected chi connectivity index (χ0v) is 17.9. The minimum absolute atomic E-state index is 0.0294. The van der Waals surface area contributed by atoms with Crippen molar-refractivity contribution in [2.45, 2.75) is 13.8 Å². The van der Waals surface area contributed by atoms with E-state index >= 15 is 0 Å². The molecule has 1 heterocycles. The van der Waals surface area contributed by atoms with E-state index < -0.39 is 0 Å². The van der Waals surface area contributed by atoms with E-state index in [-0.39, 0.29) is 24.2 Å². The molecule has 0 atom stereocenters. The van der Waals surface area contributed by atoms with Crippen LogP contribution >= 0.6 is 0 Å². The van der Waals surface area contributed by atoms with Crippen LogP contribution in [0.15, 0.2) is 42.5 Å². The second kappa shape index (κ2) is 9.71. The number of hydrogen-bond acceptors (Lipinski definition) is 3. The molecule has 1 aliphatic heterocycles. The molecule has 1 saturated heterocycles. The Labute approximate surface area is 177 Å². The van der Waals surface area contributed by atoms with Gasteiger partial charge in [-0.15, -0.1) is 0 Å². The Morgan fingerprint density at radius 1 is 1.07 bits per heavy atom. The van der Waals surface area contributed by atoms with Crippen molar-refractivity contribution in [2.24, 2.45) is 0 Å². The fourth-order valence-electron chi connectivity index (χ4n) is 3.75. The lowest BCUT2D eigenvalue weighted by Gasteiger charge is -2.33. The predicted octanol–water partition coefficient (Wildman–Crippen LogP) is 1.24. The third-order valence-corrected chi connectivity index (χ3v) is 5.62. The molecule has 0 saturated carbocycles. The van der Waals surface area contributed by atoms with Crippen LogP contribution in [0.2, 0.25) is 0 Å². The number of carbonyl (C=O) groups excluding carboxylic acids is 2. The van der Waals surface area contributed by atoms with Gasteiger partial charge in [-0.05, 0) is 49.2 Å². The van der Waals surface area contributed by atoms with E-state index in [0.29, 0.717) is 6.54 Å². The Morgan fingerprint density at radius 2 is 1.67 bits per heavy atom. The zero-order chi connectivity index (χ0) is 21.7. The number of hydrogen-bond donors (Lipinski definition) is 2. The van der Waals surface area contributed by atoms with Crippen molar-refractivity contribution in [3.8, 4) is 0 Å². The Morgan fingerprint density at radius 3 is 2.27 bits per heavy atom. The first-order chi connectivity index (χ1) is 14.3. The van der Waals surface area contributed by atoms with Gasteiger partial charge >= 0.3 is 0 Å². The summed E-state index contributed by atoms with van der Waals surface area (Å²) >= 11 is 0. The summed E-state index contributed by atoms with van der Waals surface area (Å²) < 4.78 is 13.1. The van der Waals surface area contributed by atoms with E-state index in [4.69, 9.17) is 0 Å². The highest BCUT2D eigenvalue weighted by Crippen LogP contribution is 2.19. The van der Waals surface area contributed by atoms with Crippen LogP contribution in [0.4, 0.5) is 15.8 Å². The van der Waals surface area contributed by atoms with E-state index in [0.717, 1.165) is 48.7 Å². The lowest BCUT2D eigenvalue weighted by molar-refractivity contribution is -0.892. The molecule has 0 unspecified atom stereocenters. The summed E-state index contributed by atoms with van der Waals surface area (Å²) in [5.41, 5.74) is 3.81. The monoisotopic (exact) mass is 413 g/mol. The number of amides is 2. The Kier molecular flexibility index (Phi) is 7.05. The summed E-state index contributed by atoms with van der Waals surface area (Å²) in [4.78, 5) is 29.9. The molecule has 3 rings (SSSR count). The van der Waals surface area contributed by atoms with Crippen LogP contribution in [-0.4, -0.2) is 63.0 Å². The van der Waals surface area contributed by atoms with Crippen molar-refractivity contribution < 1.29 is 18.9 Å². The molecular weight excluding hydrogens is 383 g/mol. The number of anilines is 2. The molecule has 6 nitrogen and oxygen atoms in total. The van der Waals surface area contributed by atoms with Gasteiger partial charge in [0.15, 0.2) is 6.54 Å². The Bertz CT molecular complexity index is 872. The van der Waals surface area contributed by atoms with E-state index in [9.17, 15) is 14.0 Å². The SMILES string of the molecule is Cc1cccc(C)c1NC(=O)CN(C)C(=O)C[NH+]1CCN(c2ccc(F)cc2)CC1. The second-order valence-corrected chi connectivity index (χ2v) is 7.96. The normalized spacial score (nSPS) is 14.5. The average molecular weight is 414 g/mol. The lowest BCUT2D eigenvalue weighted by Crippen LogP contribution is -3.15. The summed E-state index contributed by atoms with van der Waals surface area (Å²) in [7, 11) is 1.67. The molecule has 1 fully saturated rings. The van der Waals surface area contributed by atoms with Crippen molar-refractivity contribution in [2.75, 3.05) is 56.5 Å². The highest BCUT2D eigenvalue weighted by molar-refractivity contribution is 5.95. The summed E-state index contributed by atoms with van der Waals surface area (Å²) in [6.07, 6.45) is 0. The maximum absolute atomic E-state index is 13.1. The molecule has 0 spiro atoms. The molecule has 7 heteroatoms. The minimum Gasteiger partial charge on any atom is -0.360 e. The van der Waals surface area contributed by atoms with E-state index in [1.807, 2.05) is 32.0 Å². The van der Waals surface area contributed by atoms with Gasteiger partial charge in [0.05, 0.1) is 32.7 Å². The molecule has 2 N–H and O–H groups in total. The Hall–Kier alpha value is -2.93. The minimum atomic E-state index is -0.238. The van der Waals surface area contributed by atoms with Crippen LogP contribution < -0.4 is 15.1 Å². The van der Waals surface area contributed by atoms with E-state index in [1.54, 1.807) is 19.2 Å². The van der Waals surface area contributed by atoms with Crippen LogP contribution in [0.3, 0.4) is 0 Å². The third-order valence-electron chi connectivity index (χ3n) is 5.62. The van der Waals surface area contributed by atoms with Crippen molar-refractivity contribution >= 4 is 23.2 Å². The lowest BCUT2D eigenvalue weighted by atomic mass is 10.1. The quantitative estimate of drug-likeness (QED) is 0.749. The van der Waals surface area contributed by atoms with Crippen LogP contribution in [0.1, 0.15) is 11.1 Å². The van der Waals surface area contributed by atoms with Crippen LogP contribution in [0.25, 0.3) is 0 Å². The molecule has 30 heavy (non-hydrogen) atoms. The number of aryl methyl sites for hydroxylation is 2. The number of piperazine rings is 1. The molecular formula is C23H30FN4O2+. The van der Waals surface area contributed by atoms with E-state index in [2.05, 4.69) is 10.2 Å². The number of halogens is 1. The maximum Gasteiger partial charge on any atom is 0.277 e. The molecule has 1 aliphatic rings. The largest absolute Gasteiger partial charge is 0.360 e. The maximum atomic E-state index is 13.1. The number of likely N-dealkylation sites (N-methyl/N-ethyl adjacent to an activating group) is 1. The molecule has 0 radical (unpaired) electrons. The molecule has 2 aromatic rings. The first kappa shape index (κ1) is 21.8. The number of quaternary nitrogens is 1.